The van der Waals surface area contributed by atoms with Crippen LogP contribution in [-0.4, -0.2) is 21.2 Å². The minimum absolute atomic E-state index is 0.210. The summed E-state index contributed by atoms with van der Waals surface area (Å²) in [5, 5.41) is 10.7. The molecule has 0 fully saturated rings. The van der Waals surface area contributed by atoms with Crippen LogP contribution in [-0.2, 0) is 0 Å². The molecule has 2 heterocycles. The van der Waals surface area contributed by atoms with Gasteiger partial charge in [0.05, 0.1) is 5.69 Å². The Bertz CT molecular complexity index is 572. The lowest BCUT2D eigenvalue weighted by atomic mass is 10.3. The molecular formula is C12H11N3O3. The Morgan fingerprint density at radius 3 is 2.89 bits per heavy atom. The van der Waals surface area contributed by atoms with Crippen LogP contribution >= 0.6 is 0 Å². The van der Waals surface area contributed by atoms with E-state index in [0.717, 1.165) is 5.69 Å². The fourth-order valence-electron chi connectivity index (χ4n) is 1.36. The first-order valence-corrected chi connectivity index (χ1v) is 5.20. The van der Waals surface area contributed by atoms with E-state index in [1.807, 2.05) is 6.92 Å². The van der Waals surface area contributed by atoms with Gasteiger partial charge in [-0.3, -0.25) is 10.3 Å². The minimum Gasteiger partial charge on any atom is -0.465 e. The summed E-state index contributed by atoms with van der Waals surface area (Å²) in [6.07, 6.45) is 1.97. The maximum Gasteiger partial charge on any atom is 0.410 e. The molecule has 2 N–H and O–H groups in total. The van der Waals surface area contributed by atoms with E-state index in [1.165, 1.54) is 12.3 Å². The number of aryl methyl sites for hydroxylation is 1. The number of anilines is 1. The lowest BCUT2D eigenvalue weighted by Crippen LogP contribution is -2.08. The summed E-state index contributed by atoms with van der Waals surface area (Å²) in [6, 6.07) is 6.69. The van der Waals surface area contributed by atoms with Crippen LogP contribution in [0.25, 0.3) is 0 Å². The fraction of sp³-hybridized carbons (Fsp3) is 0.0833. The second kappa shape index (κ2) is 5.13. The third-order valence-corrected chi connectivity index (χ3v) is 2.15. The van der Waals surface area contributed by atoms with Crippen molar-refractivity contribution in [1.82, 2.24) is 9.97 Å². The van der Waals surface area contributed by atoms with E-state index >= 15 is 0 Å². The van der Waals surface area contributed by atoms with Gasteiger partial charge in [0.1, 0.15) is 17.3 Å². The maximum absolute atomic E-state index is 10.5. The summed E-state index contributed by atoms with van der Waals surface area (Å²) in [4.78, 5) is 18.4. The van der Waals surface area contributed by atoms with Crippen LogP contribution in [0.3, 0.4) is 0 Å². The lowest BCUT2D eigenvalue weighted by molar-refractivity contribution is 0.209. The molecule has 18 heavy (non-hydrogen) atoms. The first-order valence-electron chi connectivity index (χ1n) is 5.20. The van der Waals surface area contributed by atoms with E-state index < -0.39 is 6.09 Å². The second-order valence-corrected chi connectivity index (χ2v) is 3.50. The molecule has 6 heteroatoms. The topological polar surface area (TPSA) is 84.3 Å². The minimum atomic E-state index is -1.17. The average Bonchev–Trinajstić information content (AvgIpc) is 2.32. The van der Waals surface area contributed by atoms with Crippen molar-refractivity contribution in [2.45, 2.75) is 6.92 Å². The predicted molar refractivity (Wildman–Crippen MR) is 64.9 cm³/mol. The molecule has 2 aromatic heterocycles. The fourth-order valence-corrected chi connectivity index (χ4v) is 1.36. The van der Waals surface area contributed by atoms with Crippen LogP contribution in [0.4, 0.5) is 10.6 Å². The molecule has 0 spiro atoms. The highest BCUT2D eigenvalue weighted by atomic mass is 16.5. The van der Waals surface area contributed by atoms with Gasteiger partial charge < -0.3 is 9.84 Å². The van der Waals surface area contributed by atoms with Gasteiger partial charge in [-0.15, -0.1) is 0 Å². The van der Waals surface area contributed by atoms with Gasteiger partial charge >= 0.3 is 6.09 Å². The maximum atomic E-state index is 10.5. The van der Waals surface area contributed by atoms with Crippen molar-refractivity contribution >= 4 is 11.9 Å². The zero-order valence-electron chi connectivity index (χ0n) is 9.62. The third kappa shape index (κ3) is 2.94. The van der Waals surface area contributed by atoms with E-state index in [1.54, 1.807) is 24.4 Å². The molecule has 2 rings (SSSR count). The molecule has 0 saturated carbocycles. The molecule has 0 bridgehead atoms. The summed E-state index contributed by atoms with van der Waals surface area (Å²) < 4.78 is 5.60. The summed E-state index contributed by atoms with van der Waals surface area (Å²) in [7, 11) is 0. The lowest BCUT2D eigenvalue weighted by Gasteiger charge is -2.08. The highest BCUT2D eigenvalue weighted by molar-refractivity contribution is 5.81. The number of carboxylic acid groups (broad SMARTS) is 1. The Hall–Kier alpha value is -2.63. The summed E-state index contributed by atoms with van der Waals surface area (Å²) in [5.41, 5.74) is 0.752. The van der Waals surface area contributed by atoms with E-state index in [4.69, 9.17) is 9.84 Å². The molecule has 6 nitrogen and oxygen atoms in total. The van der Waals surface area contributed by atoms with Crippen molar-refractivity contribution in [2.75, 3.05) is 5.32 Å². The molecule has 0 aliphatic carbocycles. The number of pyridine rings is 2. The van der Waals surface area contributed by atoms with Crippen LogP contribution in [0, 0.1) is 6.92 Å². The molecular weight excluding hydrogens is 234 g/mol. The summed E-state index contributed by atoms with van der Waals surface area (Å²) in [6.45, 7) is 1.83. The number of nitrogens with one attached hydrogen (secondary N) is 1. The van der Waals surface area contributed by atoms with E-state index in [-0.39, 0.29) is 5.82 Å². The van der Waals surface area contributed by atoms with E-state index in [9.17, 15) is 4.79 Å². The Labute approximate surface area is 103 Å². The molecule has 0 unspecified atom stereocenters. The van der Waals surface area contributed by atoms with Gasteiger partial charge in [-0.2, -0.15) is 0 Å². The molecule has 0 aliphatic rings. The van der Waals surface area contributed by atoms with Crippen LogP contribution in [0.5, 0.6) is 11.5 Å². The van der Waals surface area contributed by atoms with Gasteiger partial charge in [0.25, 0.3) is 0 Å². The largest absolute Gasteiger partial charge is 0.465 e. The van der Waals surface area contributed by atoms with Gasteiger partial charge in [-0.25, -0.2) is 9.78 Å². The highest BCUT2D eigenvalue weighted by Crippen LogP contribution is 2.24. The molecule has 92 valence electrons. The van der Waals surface area contributed by atoms with Gasteiger partial charge in [0, 0.05) is 18.5 Å². The van der Waals surface area contributed by atoms with Crippen molar-refractivity contribution in [3.8, 4) is 11.5 Å². The van der Waals surface area contributed by atoms with Crippen molar-refractivity contribution in [3.05, 3.63) is 42.4 Å². The number of aromatic nitrogens is 2. The van der Waals surface area contributed by atoms with E-state index in [2.05, 4.69) is 15.3 Å². The summed E-state index contributed by atoms with van der Waals surface area (Å²) in [5.74, 6) is 1.32. The van der Waals surface area contributed by atoms with Gasteiger partial charge in [0.15, 0.2) is 0 Å². The van der Waals surface area contributed by atoms with Gasteiger partial charge in [0.2, 0.25) is 0 Å². The molecule has 0 aromatic carbocycles. The highest BCUT2D eigenvalue weighted by Gasteiger charge is 2.04. The number of hydrogen-bond donors (Lipinski definition) is 2. The van der Waals surface area contributed by atoms with Crippen molar-refractivity contribution in [2.24, 2.45) is 0 Å². The first-order chi connectivity index (χ1) is 8.65. The zero-order valence-corrected chi connectivity index (χ0v) is 9.62. The van der Waals surface area contributed by atoms with Crippen molar-refractivity contribution in [3.63, 3.8) is 0 Å². The SMILES string of the molecule is Cc1ncccc1Oc1ccnc(NC(=O)O)c1. The van der Waals surface area contributed by atoms with Gasteiger partial charge in [-0.05, 0) is 25.1 Å². The summed E-state index contributed by atoms with van der Waals surface area (Å²) >= 11 is 0. The standard InChI is InChI=1S/C12H11N3O3/c1-8-10(3-2-5-13-8)18-9-4-6-14-11(7-9)15-12(16)17/h2-7H,1H3,(H,14,15)(H,16,17). The average molecular weight is 245 g/mol. The Kier molecular flexibility index (Phi) is 3.38. The van der Waals surface area contributed by atoms with E-state index in [0.29, 0.717) is 11.5 Å². The monoisotopic (exact) mass is 245 g/mol. The third-order valence-electron chi connectivity index (χ3n) is 2.15. The molecule has 0 radical (unpaired) electrons. The predicted octanol–water partition coefficient (Wildman–Crippen LogP) is 2.67. The normalized spacial score (nSPS) is 9.83. The molecule has 1 amide bonds. The van der Waals surface area contributed by atoms with Gasteiger partial charge in [-0.1, -0.05) is 0 Å². The Morgan fingerprint density at radius 1 is 1.33 bits per heavy atom. The van der Waals surface area contributed by atoms with Crippen molar-refractivity contribution < 1.29 is 14.6 Å². The van der Waals surface area contributed by atoms with Crippen LogP contribution in [0.1, 0.15) is 5.69 Å². The molecule has 0 saturated heterocycles. The van der Waals surface area contributed by atoms with Crippen LogP contribution < -0.4 is 10.1 Å². The number of ether oxygens (including phenoxy) is 1. The zero-order chi connectivity index (χ0) is 13.0. The smallest absolute Gasteiger partial charge is 0.410 e. The van der Waals surface area contributed by atoms with Crippen molar-refractivity contribution in [1.29, 1.82) is 0 Å². The quantitative estimate of drug-likeness (QED) is 0.868. The Morgan fingerprint density at radius 2 is 2.17 bits per heavy atom. The second-order valence-electron chi connectivity index (χ2n) is 3.50. The van der Waals surface area contributed by atoms with Crippen LogP contribution in [0.2, 0.25) is 0 Å². The number of carbonyl (C=O) groups is 1. The molecule has 0 aliphatic heterocycles. The van der Waals surface area contributed by atoms with Crippen LogP contribution in [0.15, 0.2) is 36.7 Å². The number of hydrogen-bond acceptors (Lipinski definition) is 4. The number of rotatable bonds is 3. The Balaban J connectivity index is 2.19. The molecule has 2 aromatic rings. The number of nitrogens with zero attached hydrogens (tertiary/aromatic N) is 2. The number of amides is 1. The first kappa shape index (κ1) is 11.8. The molecule has 0 atom stereocenters.